The van der Waals surface area contributed by atoms with Crippen molar-refractivity contribution in [1.82, 2.24) is 5.32 Å². The summed E-state index contributed by atoms with van der Waals surface area (Å²) in [6.07, 6.45) is -4.61. The van der Waals surface area contributed by atoms with E-state index in [4.69, 9.17) is 16.3 Å². The molecule has 0 spiro atoms. The zero-order valence-corrected chi connectivity index (χ0v) is 18.2. The molecule has 0 atom stereocenters. The maximum Gasteiger partial charge on any atom is 0.416 e. The minimum Gasteiger partial charge on any atom is -0.454 e. The van der Waals surface area contributed by atoms with Crippen molar-refractivity contribution in [3.8, 4) is 11.1 Å². The van der Waals surface area contributed by atoms with Gasteiger partial charge in [0.25, 0.3) is 11.8 Å². The summed E-state index contributed by atoms with van der Waals surface area (Å²) in [5, 5.41) is 4.41. The third-order valence-corrected chi connectivity index (χ3v) is 4.91. The predicted octanol–water partition coefficient (Wildman–Crippen LogP) is 4.94. The minimum atomic E-state index is -4.61. The number of nitrogens with one attached hydrogen (secondary N) is 2. The van der Waals surface area contributed by atoms with E-state index in [1.807, 2.05) is 30.3 Å². The maximum atomic E-state index is 12.8. The number of ether oxygens (including phenoxy) is 1. The number of carbonyl (C=O) groups excluding carboxylic acids is 3. The van der Waals surface area contributed by atoms with E-state index >= 15 is 0 Å². The quantitative estimate of drug-likeness (QED) is 0.460. The molecule has 0 unspecified atom stereocenters. The molecule has 3 rings (SSSR count). The molecule has 10 heteroatoms. The minimum absolute atomic E-state index is 0.113. The fourth-order valence-electron chi connectivity index (χ4n) is 2.88. The number of hydrogen-bond donors (Lipinski definition) is 2. The van der Waals surface area contributed by atoms with Crippen LogP contribution in [0.15, 0.2) is 72.8 Å². The monoisotopic (exact) mass is 490 g/mol. The van der Waals surface area contributed by atoms with Crippen molar-refractivity contribution < 1.29 is 32.3 Å². The highest BCUT2D eigenvalue weighted by Crippen LogP contribution is 2.33. The topological polar surface area (TPSA) is 84.5 Å². The van der Waals surface area contributed by atoms with Crippen LogP contribution in [0.4, 0.5) is 18.9 Å². The Balaban J connectivity index is 1.46. The van der Waals surface area contributed by atoms with Gasteiger partial charge in [-0.2, -0.15) is 13.2 Å². The Morgan fingerprint density at radius 1 is 0.882 bits per heavy atom. The first kappa shape index (κ1) is 24.8. The summed E-state index contributed by atoms with van der Waals surface area (Å²) in [6.45, 7) is -1.27. The number of anilines is 1. The van der Waals surface area contributed by atoms with E-state index in [2.05, 4.69) is 10.6 Å². The van der Waals surface area contributed by atoms with Crippen LogP contribution < -0.4 is 10.6 Å². The summed E-state index contributed by atoms with van der Waals surface area (Å²) in [6, 6.07) is 18.8. The van der Waals surface area contributed by atoms with Gasteiger partial charge in [0.05, 0.1) is 16.3 Å². The molecule has 2 N–H and O–H groups in total. The summed E-state index contributed by atoms with van der Waals surface area (Å²) < 4.78 is 43.2. The molecule has 0 radical (unpaired) electrons. The van der Waals surface area contributed by atoms with Crippen LogP contribution in [0.2, 0.25) is 5.02 Å². The maximum absolute atomic E-state index is 12.8. The second kappa shape index (κ2) is 10.8. The number of hydrogen-bond acceptors (Lipinski definition) is 4. The number of esters is 1. The molecule has 0 aromatic heterocycles. The van der Waals surface area contributed by atoms with Crippen LogP contribution in [-0.2, 0) is 20.5 Å². The first-order chi connectivity index (χ1) is 16.1. The van der Waals surface area contributed by atoms with Crippen LogP contribution in [0.1, 0.15) is 15.9 Å². The van der Waals surface area contributed by atoms with Crippen molar-refractivity contribution in [3.63, 3.8) is 0 Å². The molecule has 3 aromatic carbocycles. The molecule has 2 amide bonds. The number of amides is 2. The summed E-state index contributed by atoms with van der Waals surface area (Å²) in [4.78, 5) is 36.0. The molecule has 0 heterocycles. The Hall–Kier alpha value is -3.85. The van der Waals surface area contributed by atoms with Gasteiger partial charge in [0, 0.05) is 5.56 Å². The summed E-state index contributed by atoms with van der Waals surface area (Å²) in [7, 11) is 0. The Bertz CT molecular complexity index is 1180. The molecule has 0 bridgehead atoms. The van der Waals surface area contributed by atoms with Gasteiger partial charge in [0.1, 0.15) is 6.54 Å². The number of rotatable bonds is 7. The molecular formula is C24H18ClF3N2O4. The largest absolute Gasteiger partial charge is 0.454 e. The van der Waals surface area contributed by atoms with Crippen molar-refractivity contribution in [1.29, 1.82) is 0 Å². The Morgan fingerprint density at radius 2 is 1.53 bits per heavy atom. The van der Waals surface area contributed by atoms with Gasteiger partial charge in [-0.15, -0.1) is 0 Å². The first-order valence-electron chi connectivity index (χ1n) is 9.89. The van der Waals surface area contributed by atoms with Crippen molar-refractivity contribution in [2.45, 2.75) is 6.18 Å². The number of carbonyl (C=O) groups is 3. The van der Waals surface area contributed by atoms with Crippen molar-refractivity contribution in [2.75, 3.05) is 18.5 Å². The van der Waals surface area contributed by atoms with E-state index in [1.54, 1.807) is 24.3 Å². The second-order valence-electron chi connectivity index (χ2n) is 7.03. The van der Waals surface area contributed by atoms with E-state index in [9.17, 15) is 27.6 Å². The molecule has 0 aliphatic rings. The molecule has 6 nitrogen and oxygen atoms in total. The smallest absolute Gasteiger partial charge is 0.416 e. The molecule has 3 aromatic rings. The van der Waals surface area contributed by atoms with Gasteiger partial charge in [0.15, 0.2) is 6.61 Å². The van der Waals surface area contributed by atoms with E-state index in [0.29, 0.717) is 11.6 Å². The van der Waals surface area contributed by atoms with Crippen LogP contribution in [0.5, 0.6) is 0 Å². The highest BCUT2D eigenvalue weighted by molar-refractivity contribution is 6.33. The van der Waals surface area contributed by atoms with Crippen LogP contribution in [0, 0.1) is 0 Å². The average Bonchev–Trinajstić information content (AvgIpc) is 2.82. The lowest BCUT2D eigenvalue weighted by Gasteiger charge is -2.12. The van der Waals surface area contributed by atoms with Crippen LogP contribution in [0.3, 0.4) is 0 Å². The lowest BCUT2D eigenvalue weighted by Crippen LogP contribution is -2.32. The van der Waals surface area contributed by atoms with Crippen LogP contribution >= 0.6 is 11.6 Å². The number of alkyl halides is 3. The van der Waals surface area contributed by atoms with E-state index in [1.165, 1.54) is 0 Å². The third kappa shape index (κ3) is 6.82. The Kier molecular flexibility index (Phi) is 7.91. The standard InChI is InChI=1S/C24H18ClF3N2O4/c25-19-11-10-18(24(26,27)28)12-20(19)30-21(31)14-34-22(32)13-29-23(33)17-8-6-16(7-9-17)15-4-2-1-3-5-15/h1-12H,13-14H2,(H,29,33)(H,30,31). The summed E-state index contributed by atoms with van der Waals surface area (Å²) >= 11 is 5.80. The highest BCUT2D eigenvalue weighted by atomic mass is 35.5. The normalized spacial score (nSPS) is 10.9. The molecule has 176 valence electrons. The van der Waals surface area contributed by atoms with Crippen LogP contribution in [-0.4, -0.2) is 30.9 Å². The molecule has 0 aliphatic carbocycles. The number of halogens is 4. The van der Waals surface area contributed by atoms with Gasteiger partial charge in [0.2, 0.25) is 0 Å². The lowest BCUT2D eigenvalue weighted by atomic mass is 10.0. The molecule has 0 saturated carbocycles. The molecular weight excluding hydrogens is 473 g/mol. The third-order valence-electron chi connectivity index (χ3n) is 4.58. The first-order valence-corrected chi connectivity index (χ1v) is 10.3. The van der Waals surface area contributed by atoms with E-state index < -0.39 is 42.7 Å². The zero-order chi connectivity index (χ0) is 24.7. The van der Waals surface area contributed by atoms with Gasteiger partial charge < -0.3 is 15.4 Å². The summed E-state index contributed by atoms with van der Waals surface area (Å²) in [5.74, 6) is -2.31. The van der Waals surface area contributed by atoms with Gasteiger partial charge in [-0.3, -0.25) is 14.4 Å². The van der Waals surface area contributed by atoms with Gasteiger partial charge in [-0.25, -0.2) is 0 Å². The highest BCUT2D eigenvalue weighted by Gasteiger charge is 2.31. The van der Waals surface area contributed by atoms with Gasteiger partial charge in [-0.05, 0) is 41.5 Å². The zero-order valence-electron chi connectivity index (χ0n) is 17.5. The molecule has 0 aliphatic heterocycles. The van der Waals surface area contributed by atoms with E-state index in [0.717, 1.165) is 23.3 Å². The lowest BCUT2D eigenvalue weighted by molar-refractivity contribution is -0.146. The molecule has 34 heavy (non-hydrogen) atoms. The average molecular weight is 491 g/mol. The van der Waals surface area contributed by atoms with Crippen LogP contribution in [0.25, 0.3) is 11.1 Å². The fraction of sp³-hybridized carbons (Fsp3) is 0.125. The fourth-order valence-corrected chi connectivity index (χ4v) is 3.04. The van der Waals surface area contributed by atoms with Gasteiger partial charge in [-0.1, -0.05) is 54.1 Å². The second-order valence-corrected chi connectivity index (χ2v) is 7.43. The van der Waals surface area contributed by atoms with Crippen molar-refractivity contribution >= 4 is 35.1 Å². The summed E-state index contributed by atoms with van der Waals surface area (Å²) in [5.41, 5.74) is 0.962. The number of benzene rings is 3. The Morgan fingerprint density at radius 3 is 2.18 bits per heavy atom. The van der Waals surface area contributed by atoms with Crippen molar-refractivity contribution in [3.05, 3.63) is 88.9 Å². The SMILES string of the molecule is O=C(COC(=O)CNC(=O)c1ccc(-c2ccccc2)cc1)Nc1cc(C(F)(F)F)ccc1Cl. The van der Waals surface area contributed by atoms with Gasteiger partial charge >= 0.3 is 12.1 Å². The molecule has 0 fully saturated rings. The Labute approximate surface area is 197 Å². The molecule has 0 saturated heterocycles. The van der Waals surface area contributed by atoms with E-state index in [-0.39, 0.29) is 10.7 Å². The van der Waals surface area contributed by atoms with Crippen molar-refractivity contribution in [2.24, 2.45) is 0 Å². The predicted molar refractivity (Wildman–Crippen MR) is 120 cm³/mol.